The van der Waals surface area contributed by atoms with Crippen molar-refractivity contribution in [2.24, 2.45) is 0 Å². The molecule has 2 amide bonds. The second kappa shape index (κ2) is 11.5. The van der Waals surface area contributed by atoms with Crippen LogP contribution in [0.3, 0.4) is 0 Å². The van der Waals surface area contributed by atoms with Gasteiger partial charge >= 0.3 is 5.97 Å². The number of esters is 1. The Balaban J connectivity index is 1.59. The van der Waals surface area contributed by atoms with Gasteiger partial charge in [-0.3, -0.25) is 9.59 Å². The van der Waals surface area contributed by atoms with Crippen LogP contribution < -0.4 is 0 Å². The lowest BCUT2D eigenvalue weighted by Crippen LogP contribution is -2.40. The number of morpholine rings is 1. The summed E-state index contributed by atoms with van der Waals surface area (Å²) in [5, 5.41) is 0.759. The Morgan fingerprint density at radius 1 is 1.06 bits per heavy atom. The molecule has 0 aliphatic carbocycles. The van der Waals surface area contributed by atoms with E-state index in [4.69, 9.17) is 32.7 Å². The van der Waals surface area contributed by atoms with Crippen LogP contribution in [0, 0.1) is 0 Å². The van der Waals surface area contributed by atoms with Crippen molar-refractivity contribution in [1.29, 1.82) is 0 Å². The predicted octanol–water partition coefficient (Wildman–Crippen LogP) is 4.82. The highest BCUT2D eigenvalue weighted by Gasteiger charge is 2.37. The number of halogens is 2. The van der Waals surface area contributed by atoms with E-state index in [-0.39, 0.29) is 31.4 Å². The first-order chi connectivity index (χ1) is 17.3. The van der Waals surface area contributed by atoms with Crippen LogP contribution >= 0.6 is 23.2 Å². The summed E-state index contributed by atoms with van der Waals surface area (Å²) >= 11 is 12.3. The predicted molar refractivity (Wildman–Crippen MR) is 137 cm³/mol. The highest BCUT2D eigenvalue weighted by Crippen LogP contribution is 2.39. The molecule has 2 aliphatic heterocycles. The Morgan fingerprint density at radius 3 is 2.39 bits per heavy atom. The SMILES string of the molecule is CCOC(=O)C1=C(C)N(Cc2ccc(C(=O)N3CCOCC3)cc2)C(=O)CC1c1ccc(Cl)c(Cl)c1. The molecule has 1 atom stereocenters. The summed E-state index contributed by atoms with van der Waals surface area (Å²) < 4.78 is 10.7. The average Bonchev–Trinajstić information content (AvgIpc) is 2.88. The van der Waals surface area contributed by atoms with Crippen LogP contribution in [-0.4, -0.2) is 60.5 Å². The van der Waals surface area contributed by atoms with Crippen molar-refractivity contribution in [1.82, 2.24) is 9.80 Å². The summed E-state index contributed by atoms with van der Waals surface area (Å²) in [6, 6.07) is 12.3. The molecule has 190 valence electrons. The van der Waals surface area contributed by atoms with Crippen molar-refractivity contribution in [3.05, 3.63) is 80.5 Å². The van der Waals surface area contributed by atoms with Crippen LogP contribution in [0.5, 0.6) is 0 Å². The first kappa shape index (κ1) is 26.2. The zero-order chi connectivity index (χ0) is 25.8. The highest BCUT2D eigenvalue weighted by molar-refractivity contribution is 6.42. The number of hydrogen-bond acceptors (Lipinski definition) is 5. The summed E-state index contributed by atoms with van der Waals surface area (Å²) in [7, 11) is 0. The second-order valence-corrected chi connectivity index (χ2v) is 9.55. The van der Waals surface area contributed by atoms with Crippen LogP contribution in [-0.2, 0) is 25.6 Å². The second-order valence-electron chi connectivity index (χ2n) is 8.73. The molecule has 1 saturated heterocycles. The lowest BCUT2D eigenvalue weighted by atomic mass is 9.83. The number of carbonyl (C=O) groups excluding carboxylic acids is 3. The lowest BCUT2D eigenvalue weighted by Gasteiger charge is -2.34. The van der Waals surface area contributed by atoms with Crippen molar-refractivity contribution >= 4 is 41.0 Å². The van der Waals surface area contributed by atoms with E-state index in [0.717, 1.165) is 11.1 Å². The molecule has 7 nitrogen and oxygen atoms in total. The average molecular weight is 531 g/mol. The van der Waals surface area contributed by atoms with E-state index in [1.165, 1.54) is 0 Å². The number of ether oxygens (including phenoxy) is 2. The third-order valence-electron chi connectivity index (χ3n) is 6.50. The summed E-state index contributed by atoms with van der Waals surface area (Å²) in [5.74, 6) is -1.11. The normalized spacial score (nSPS) is 18.4. The van der Waals surface area contributed by atoms with E-state index < -0.39 is 11.9 Å². The standard InChI is InChI=1S/C27H28Cl2N2O5/c1-3-36-27(34)25-17(2)31(24(32)15-21(25)20-8-9-22(28)23(29)14-20)16-18-4-6-19(7-5-18)26(33)30-10-12-35-13-11-30/h4-9,14,21H,3,10-13,15-16H2,1-2H3. The Kier molecular flexibility index (Phi) is 8.34. The zero-order valence-corrected chi connectivity index (χ0v) is 21.8. The van der Waals surface area contributed by atoms with Gasteiger partial charge in [0.15, 0.2) is 0 Å². The Morgan fingerprint density at radius 2 is 1.75 bits per heavy atom. The minimum absolute atomic E-state index is 0.0379. The van der Waals surface area contributed by atoms with Gasteiger partial charge < -0.3 is 19.3 Å². The number of amides is 2. The van der Waals surface area contributed by atoms with E-state index in [0.29, 0.717) is 53.2 Å². The number of nitrogens with zero attached hydrogens (tertiary/aromatic N) is 2. The molecule has 4 rings (SSSR count). The van der Waals surface area contributed by atoms with Gasteiger partial charge in [0.2, 0.25) is 5.91 Å². The van der Waals surface area contributed by atoms with Gasteiger partial charge in [-0.25, -0.2) is 4.79 Å². The van der Waals surface area contributed by atoms with Gasteiger partial charge in [-0.2, -0.15) is 0 Å². The van der Waals surface area contributed by atoms with Crippen LogP contribution in [0.4, 0.5) is 0 Å². The monoisotopic (exact) mass is 530 g/mol. The fourth-order valence-corrected chi connectivity index (χ4v) is 4.88. The van der Waals surface area contributed by atoms with Crippen LogP contribution in [0.25, 0.3) is 0 Å². The summed E-state index contributed by atoms with van der Waals surface area (Å²) in [6.07, 6.45) is 0.0943. The minimum atomic E-state index is -0.490. The van der Waals surface area contributed by atoms with Crippen LogP contribution in [0.15, 0.2) is 53.7 Å². The van der Waals surface area contributed by atoms with E-state index >= 15 is 0 Å². The van der Waals surface area contributed by atoms with Gasteiger partial charge in [-0.15, -0.1) is 0 Å². The molecule has 1 fully saturated rings. The van der Waals surface area contributed by atoms with Gasteiger partial charge in [0.05, 0.1) is 42.0 Å². The van der Waals surface area contributed by atoms with E-state index in [2.05, 4.69) is 0 Å². The fourth-order valence-electron chi connectivity index (χ4n) is 4.58. The molecule has 36 heavy (non-hydrogen) atoms. The van der Waals surface area contributed by atoms with Gasteiger partial charge in [-0.05, 0) is 49.2 Å². The first-order valence-electron chi connectivity index (χ1n) is 11.9. The van der Waals surface area contributed by atoms with Crippen molar-refractivity contribution in [2.45, 2.75) is 32.7 Å². The third kappa shape index (κ3) is 5.59. The molecule has 2 aromatic rings. The zero-order valence-electron chi connectivity index (χ0n) is 20.3. The molecule has 9 heteroatoms. The highest BCUT2D eigenvalue weighted by atomic mass is 35.5. The molecule has 0 radical (unpaired) electrons. The molecule has 0 saturated carbocycles. The topological polar surface area (TPSA) is 76.2 Å². The molecule has 0 bridgehead atoms. The van der Waals surface area contributed by atoms with E-state index in [9.17, 15) is 14.4 Å². The molecule has 2 aromatic carbocycles. The molecule has 2 heterocycles. The number of rotatable bonds is 6. The lowest BCUT2D eigenvalue weighted by molar-refractivity contribution is -0.140. The number of allylic oxidation sites excluding steroid dienone is 1. The third-order valence-corrected chi connectivity index (χ3v) is 7.24. The Bertz CT molecular complexity index is 1190. The van der Waals surface area contributed by atoms with Crippen molar-refractivity contribution in [3.8, 4) is 0 Å². The summed E-state index contributed by atoms with van der Waals surface area (Å²) in [6.45, 7) is 6.21. The molecule has 0 aromatic heterocycles. The quantitative estimate of drug-likeness (QED) is 0.500. The molecule has 1 unspecified atom stereocenters. The van der Waals surface area contributed by atoms with Crippen LogP contribution in [0.1, 0.15) is 47.7 Å². The molecule has 0 N–H and O–H groups in total. The maximum absolute atomic E-state index is 13.3. The van der Waals surface area contributed by atoms with Gasteiger partial charge in [-0.1, -0.05) is 41.4 Å². The van der Waals surface area contributed by atoms with E-state index in [1.807, 2.05) is 12.1 Å². The minimum Gasteiger partial charge on any atom is -0.463 e. The Labute approximate surface area is 220 Å². The summed E-state index contributed by atoms with van der Waals surface area (Å²) in [5.41, 5.74) is 3.12. The van der Waals surface area contributed by atoms with Crippen LogP contribution in [0.2, 0.25) is 10.0 Å². The fraction of sp³-hybridized carbons (Fsp3) is 0.370. The number of benzene rings is 2. The molecule has 2 aliphatic rings. The first-order valence-corrected chi connectivity index (χ1v) is 12.6. The van der Waals surface area contributed by atoms with Gasteiger partial charge in [0.25, 0.3) is 5.91 Å². The maximum atomic E-state index is 13.3. The number of hydrogen-bond donors (Lipinski definition) is 0. The van der Waals surface area contributed by atoms with Crippen molar-refractivity contribution in [2.75, 3.05) is 32.9 Å². The largest absolute Gasteiger partial charge is 0.463 e. The Hall–Kier alpha value is -2.87. The molecular weight excluding hydrogens is 503 g/mol. The van der Waals surface area contributed by atoms with Gasteiger partial charge in [0.1, 0.15) is 0 Å². The van der Waals surface area contributed by atoms with Crippen molar-refractivity contribution in [3.63, 3.8) is 0 Å². The smallest absolute Gasteiger partial charge is 0.336 e. The molecule has 0 spiro atoms. The van der Waals surface area contributed by atoms with Gasteiger partial charge in [0, 0.05) is 36.7 Å². The molecular formula is C27H28Cl2N2O5. The maximum Gasteiger partial charge on any atom is 0.336 e. The van der Waals surface area contributed by atoms with E-state index in [1.54, 1.807) is 54.0 Å². The van der Waals surface area contributed by atoms with Crippen molar-refractivity contribution < 1.29 is 23.9 Å². The summed E-state index contributed by atoms with van der Waals surface area (Å²) in [4.78, 5) is 42.3. The number of carbonyl (C=O) groups is 3.